The summed E-state index contributed by atoms with van der Waals surface area (Å²) < 4.78 is 5.49. The van der Waals surface area contributed by atoms with Crippen LogP contribution < -0.4 is 15.5 Å². The lowest BCUT2D eigenvalue weighted by Gasteiger charge is -2.31. The van der Waals surface area contributed by atoms with Gasteiger partial charge in [-0.2, -0.15) is 0 Å². The molecule has 1 aliphatic rings. The molecule has 6 heteroatoms. The van der Waals surface area contributed by atoms with Gasteiger partial charge in [0.1, 0.15) is 5.82 Å². The lowest BCUT2D eigenvalue weighted by atomic mass is 9.99. The van der Waals surface area contributed by atoms with E-state index in [1.807, 2.05) is 12.3 Å². The molecule has 0 radical (unpaired) electrons. The van der Waals surface area contributed by atoms with E-state index in [2.05, 4.69) is 47.4 Å². The number of nitrogens with one attached hydrogen (secondary N) is 2. The van der Waals surface area contributed by atoms with Crippen LogP contribution in [-0.4, -0.2) is 43.9 Å². The van der Waals surface area contributed by atoms with E-state index in [1.165, 1.54) is 12.8 Å². The summed E-state index contributed by atoms with van der Waals surface area (Å²) in [7, 11) is 0. The summed E-state index contributed by atoms with van der Waals surface area (Å²) in [5.74, 6) is 2.39. The summed E-state index contributed by atoms with van der Waals surface area (Å²) in [6, 6.07) is 3.94. The predicted octanol–water partition coefficient (Wildman–Crippen LogP) is 3.18. The highest BCUT2D eigenvalue weighted by atomic mass is 16.5. The first kappa shape index (κ1) is 20.5. The summed E-state index contributed by atoms with van der Waals surface area (Å²) in [5, 5.41) is 5.72. The van der Waals surface area contributed by atoms with Crippen molar-refractivity contribution in [3.05, 3.63) is 23.9 Å². The third-order valence-corrected chi connectivity index (χ3v) is 4.57. The van der Waals surface area contributed by atoms with E-state index in [9.17, 15) is 4.79 Å². The molecule has 1 aliphatic heterocycles. The van der Waals surface area contributed by atoms with Crippen molar-refractivity contribution in [2.75, 3.05) is 37.7 Å². The summed E-state index contributed by atoms with van der Waals surface area (Å²) in [5.41, 5.74) is 1.01. The molecule has 1 aromatic heterocycles. The number of nitrogens with zero attached hydrogens (tertiary/aromatic N) is 2. The quantitative estimate of drug-likeness (QED) is 0.662. The number of anilines is 1. The van der Waals surface area contributed by atoms with E-state index in [1.54, 1.807) is 0 Å². The lowest BCUT2D eigenvalue weighted by Crippen LogP contribution is -2.36. The number of piperidine rings is 1. The molecule has 0 aromatic carbocycles. The molecule has 6 nitrogen and oxygen atoms in total. The van der Waals surface area contributed by atoms with Crippen molar-refractivity contribution in [2.45, 2.75) is 46.6 Å². The molecule has 0 aliphatic carbocycles. The molecule has 1 fully saturated rings. The van der Waals surface area contributed by atoms with Gasteiger partial charge in [-0.1, -0.05) is 26.8 Å². The normalized spacial score (nSPS) is 15.3. The Morgan fingerprint density at radius 1 is 1.31 bits per heavy atom. The zero-order chi connectivity index (χ0) is 18.8. The Balaban J connectivity index is 1.61. The summed E-state index contributed by atoms with van der Waals surface area (Å²) >= 11 is 0. The molecular weight excluding hydrogens is 328 g/mol. The SMILES string of the molecule is CC(C)COCCCNC(=O)NCc1ccc(N2CCC(C)CC2)nc1. The second-order valence-corrected chi connectivity index (χ2v) is 7.63. The van der Waals surface area contributed by atoms with Crippen molar-refractivity contribution in [2.24, 2.45) is 11.8 Å². The topological polar surface area (TPSA) is 66.5 Å². The largest absolute Gasteiger partial charge is 0.381 e. The Hall–Kier alpha value is -1.82. The first-order chi connectivity index (χ1) is 12.5. The summed E-state index contributed by atoms with van der Waals surface area (Å²) in [4.78, 5) is 18.7. The molecule has 0 spiro atoms. The van der Waals surface area contributed by atoms with Gasteiger partial charge in [0.25, 0.3) is 0 Å². The Bertz CT molecular complexity index is 525. The van der Waals surface area contributed by atoms with Crippen LogP contribution in [0.1, 0.15) is 45.6 Å². The molecule has 2 N–H and O–H groups in total. The van der Waals surface area contributed by atoms with Crippen LogP contribution in [0.3, 0.4) is 0 Å². The number of carbonyl (C=O) groups is 1. The first-order valence-corrected chi connectivity index (χ1v) is 9.84. The van der Waals surface area contributed by atoms with E-state index in [0.717, 1.165) is 43.4 Å². The maximum absolute atomic E-state index is 11.8. The van der Waals surface area contributed by atoms with Gasteiger partial charge in [0.2, 0.25) is 0 Å². The molecule has 146 valence electrons. The van der Waals surface area contributed by atoms with E-state index in [-0.39, 0.29) is 6.03 Å². The summed E-state index contributed by atoms with van der Waals surface area (Å²) in [6.07, 6.45) is 5.14. The van der Waals surface area contributed by atoms with Gasteiger partial charge in [0.15, 0.2) is 0 Å². The van der Waals surface area contributed by atoms with Crippen molar-refractivity contribution in [1.82, 2.24) is 15.6 Å². The fourth-order valence-electron chi connectivity index (χ4n) is 2.89. The number of rotatable bonds is 9. The van der Waals surface area contributed by atoms with Crippen LogP contribution in [0.4, 0.5) is 10.6 Å². The average molecular weight is 363 g/mol. The predicted molar refractivity (Wildman–Crippen MR) is 105 cm³/mol. The van der Waals surface area contributed by atoms with E-state index >= 15 is 0 Å². The standard InChI is InChI=1S/C20H34N4O2/c1-16(2)15-26-12-4-9-21-20(25)23-14-18-5-6-19(22-13-18)24-10-7-17(3)8-11-24/h5-6,13,16-17H,4,7-12,14-15H2,1-3H3,(H2,21,23,25). The third kappa shape index (κ3) is 7.60. The summed E-state index contributed by atoms with van der Waals surface area (Å²) in [6.45, 7) is 11.3. The van der Waals surface area contributed by atoms with Gasteiger partial charge in [0, 0.05) is 45.6 Å². The number of hydrogen-bond donors (Lipinski definition) is 2. The molecule has 2 heterocycles. The third-order valence-electron chi connectivity index (χ3n) is 4.57. The molecular formula is C20H34N4O2. The van der Waals surface area contributed by atoms with Crippen LogP contribution in [0.15, 0.2) is 18.3 Å². The zero-order valence-electron chi connectivity index (χ0n) is 16.5. The maximum Gasteiger partial charge on any atom is 0.315 e. The highest BCUT2D eigenvalue weighted by molar-refractivity contribution is 5.73. The van der Waals surface area contributed by atoms with Crippen LogP contribution in [0.2, 0.25) is 0 Å². The van der Waals surface area contributed by atoms with Crippen molar-refractivity contribution < 1.29 is 9.53 Å². The Morgan fingerprint density at radius 2 is 2.08 bits per heavy atom. The lowest BCUT2D eigenvalue weighted by molar-refractivity contribution is 0.108. The Labute approximate surface area is 157 Å². The van der Waals surface area contributed by atoms with E-state index in [0.29, 0.717) is 25.6 Å². The van der Waals surface area contributed by atoms with Crippen LogP contribution in [0.5, 0.6) is 0 Å². The zero-order valence-corrected chi connectivity index (χ0v) is 16.5. The van der Waals surface area contributed by atoms with Gasteiger partial charge in [-0.15, -0.1) is 0 Å². The van der Waals surface area contributed by atoms with Gasteiger partial charge < -0.3 is 20.3 Å². The van der Waals surface area contributed by atoms with Crippen LogP contribution in [0, 0.1) is 11.8 Å². The minimum Gasteiger partial charge on any atom is -0.381 e. The first-order valence-electron chi connectivity index (χ1n) is 9.84. The molecule has 0 atom stereocenters. The van der Waals surface area contributed by atoms with E-state index < -0.39 is 0 Å². The molecule has 2 rings (SSSR count). The molecule has 0 bridgehead atoms. The number of ether oxygens (including phenoxy) is 1. The minimum absolute atomic E-state index is 0.150. The molecule has 26 heavy (non-hydrogen) atoms. The Morgan fingerprint density at radius 3 is 2.73 bits per heavy atom. The smallest absolute Gasteiger partial charge is 0.315 e. The number of pyridine rings is 1. The van der Waals surface area contributed by atoms with Gasteiger partial charge in [-0.05, 0) is 42.7 Å². The average Bonchev–Trinajstić information content (AvgIpc) is 2.64. The monoisotopic (exact) mass is 362 g/mol. The number of urea groups is 1. The highest BCUT2D eigenvalue weighted by Gasteiger charge is 2.16. The van der Waals surface area contributed by atoms with E-state index in [4.69, 9.17) is 4.74 Å². The highest BCUT2D eigenvalue weighted by Crippen LogP contribution is 2.21. The minimum atomic E-state index is -0.150. The molecule has 2 amide bonds. The van der Waals surface area contributed by atoms with Crippen LogP contribution in [0.25, 0.3) is 0 Å². The van der Waals surface area contributed by atoms with Crippen molar-refractivity contribution in [3.63, 3.8) is 0 Å². The van der Waals surface area contributed by atoms with Gasteiger partial charge in [0.05, 0.1) is 0 Å². The number of aromatic nitrogens is 1. The molecule has 0 saturated carbocycles. The van der Waals surface area contributed by atoms with Gasteiger partial charge in [-0.3, -0.25) is 0 Å². The second-order valence-electron chi connectivity index (χ2n) is 7.63. The van der Waals surface area contributed by atoms with Crippen molar-refractivity contribution >= 4 is 11.8 Å². The van der Waals surface area contributed by atoms with Crippen molar-refractivity contribution in [1.29, 1.82) is 0 Å². The van der Waals surface area contributed by atoms with Gasteiger partial charge in [-0.25, -0.2) is 9.78 Å². The molecule has 0 unspecified atom stereocenters. The fourth-order valence-corrected chi connectivity index (χ4v) is 2.89. The second kappa shape index (κ2) is 11.0. The Kier molecular flexibility index (Phi) is 8.68. The fraction of sp³-hybridized carbons (Fsp3) is 0.700. The molecule has 1 saturated heterocycles. The van der Waals surface area contributed by atoms with Crippen LogP contribution in [-0.2, 0) is 11.3 Å². The van der Waals surface area contributed by atoms with Crippen molar-refractivity contribution in [3.8, 4) is 0 Å². The number of amides is 2. The number of carbonyl (C=O) groups excluding carboxylic acids is 1. The van der Waals surface area contributed by atoms with Gasteiger partial charge >= 0.3 is 6.03 Å². The maximum atomic E-state index is 11.8. The molecule has 1 aromatic rings. The number of hydrogen-bond acceptors (Lipinski definition) is 4. The van der Waals surface area contributed by atoms with Crippen LogP contribution >= 0.6 is 0 Å².